The zero-order valence-electron chi connectivity index (χ0n) is 19.1. The van der Waals surface area contributed by atoms with E-state index in [1.165, 1.54) is 0 Å². The number of H-pyrrole nitrogens is 1. The summed E-state index contributed by atoms with van der Waals surface area (Å²) in [4.78, 5) is 16.1. The molecule has 0 spiro atoms. The Morgan fingerprint density at radius 2 is 1.91 bits per heavy atom. The van der Waals surface area contributed by atoms with Gasteiger partial charge in [0.2, 0.25) is 5.91 Å². The van der Waals surface area contributed by atoms with Crippen molar-refractivity contribution in [1.82, 2.24) is 15.2 Å². The van der Waals surface area contributed by atoms with Crippen LogP contribution in [0, 0.1) is 0 Å². The van der Waals surface area contributed by atoms with Gasteiger partial charge < -0.3 is 15.4 Å². The zero-order valence-corrected chi connectivity index (χ0v) is 20.6. The highest BCUT2D eigenvalue weighted by atomic mass is 35.5. The van der Waals surface area contributed by atoms with Crippen molar-refractivity contribution in [2.75, 3.05) is 10.6 Å². The molecule has 1 unspecified atom stereocenters. The molecule has 34 heavy (non-hydrogen) atoms. The van der Waals surface area contributed by atoms with Crippen LogP contribution in [0.3, 0.4) is 0 Å². The number of rotatable bonds is 8. The molecule has 4 aromatic rings. The third-order valence-corrected chi connectivity index (χ3v) is 6.12. The van der Waals surface area contributed by atoms with Crippen molar-refractivity contribution in [3.8, 4) is 5.75 Å². The number of nitrogens with one attached hydrogen (secondary N) is 3. The number of amides is 1. The SMILES string of the molecule is CCC(=O)Nc1cccc(CC)c1Nc1n[nH]c2ccc(OC(C)c3c(Cl)cncc3Cl)cc12. The molecule has 0 aliphatic heterocycles. The summed E-state index contributed by atoms with van der Waals surface area (Å²) in [5.41, 5.74) is 4.11. The molecule has 2 heterocycles. The summed E-state index contributed by atoms with van der Waals surface area (Å²) in [6.45, 7) is 5.77. The second-order valence-electron chi connectivity index (χ2n) is 7.78. The van der Waals surface area contributed by atoms with E-state index >= 15 is 0 Å². The molecular formula is C25H25Cl2N5O2. The number of aryl methyl sites for hydroxylation is 1. The molecule has 3 N–H and O–H groups in total. The average molecular weight is 498 g/mol. The highest BCUT2D eigenvalue weighted by molar-refractivity contribution is 6.35. The van der Waals surface area contributed by atoms with Crippen LogP contribution in [0.25, 0.3) is 10.9 Å². The van der Waals surface area contributed by atoms with E-state index in [9.17, 15) is 4.79 Å². The molecule has 1 atom stereocenters. The Morgan fingerprint density at radius 1 is 1.15 bits per heavy atom. The average Bonchev–Trinajstić information content (AvgIpc) is 3.22. The van der Waals surface area contributed by atoms with Gasteiger partial charge in [0.1, 0.15) is 11.9 Å². The summed E-state index contributed by atoms with van der Waals surface area (Å²) in [7, 11) is 0. The minimum absolute atomic E-state index is 0.0544. The summed E-state index contributed by atoms with van der Waals surface area (Å²) in [5, 5.41) is 15.6. The topological polar surface area (TPSA) is 91.9 Å². The van der Waals surface area contributed by atoms with Gasteiger partial charge in [0.05, 0.1) is 26.9 Å². The molecule has 0 aliphatic rings. The number of hydrogen-bond acceptors (Lipinski definition) is 5. The first-order chi connectivity index (χ1) is 16.4. The first kappa shape index (κ1) is 23.9. The first-order valence-electron chi connectivity index (χ1n) is 11.0. The van der Waals surface area contributed by atoms with Crippen LogP contribution in [0.2, 0.25) is 10.0 Å². The number of para-hydroxylation sites is 1. The number of aromatic amines is 1. The summed E-state index contributed by atoms with van der Waals surface area (Å²) in [5.74, 6) is 1.21. The van der Waals surface area contributed by atoms with Crippen molar-refractivity contribution in [2.24, 2.45) is 0 Å². The lowest BCUT2D eigenvalue weighted by Gasteiger charge is -2.18. The van der Waals surface area contributed by atoms with E-state index in [0.29, 0.717) is 39.3 Å². The molecule has 0 fully saturated rings. The number of carbonyl (C=O) groups excluding carboxylic acids is 1. The van der Waals surface area contributed by atoms with Gasteiger partial charge in [0.25, 0.3) is 0 Å². The Morgan fingerprint density at radius 3 is 2.62 bits per heavy atom. The Bertz CT molecular complexity index is 1320. The van der Waals surface area contributed by atoms with Crippen LogP contribution in [-0.2, 0) is 11.2 Å². The molecule has 1 amide bonds. The van der Waals surface area contributed by atoms with Gasteiger partial charge in [-0.1, -0.05) is 49.2 Å². The van der Waals surface area contributed by atoms with E-state index in [4.69, 9.17) is 27.9 Å². The standard InChI is InChI=1S/C25H25Cl2N5O2/c1-4-15-7-6-8-21(29-22(33)5-2)24(15)30-25-17-11-16(9-10-20(17)31-32-25)34-14(3)23-18(26)12-28-13-19(23)27/h6-14H,4-5H2,1-3H3,(H,29,33)(H2,30,31,32). The van der Waals surface area contributed by atoms with Crippen LogP contribution in [0.4, 0.5) is 17.2 Å². The Balaban J connectivity index is 1.66. The van der Waals surface area contributed by atoms with Crippen LogP contribution in [-0.4, -0.2) is 21.1 Å². The fourth-order valence-electron chi connectivity index (χ4n) is 3.74. The van der Waals surface area contributed by atoms with E-state index in [1.54, 1.807) is 12.4 Å². The van der Waals surface area contributed by atoms with Gasteiger partial charge >= 0.3 is 0 Å². The highest BCUT2D eigenvalue weighted by Gasteiger charge is 2.18. The van der Waals surface area contributed by atoms with Gasteiger partial charge in [-0.25, -0.2) is 0 Å². The normalized spacial score (nSPS) is 11.9. The third kappa shape index (κ3) is 4.95. The molecule has 176 valence electrons. The maximum absolute atomic E-state index is 12.1. The van der Waals surface area contributed by atoms with Crippen LogP contribution in [0.15, 0.2) is 48.8 Å². The smallest absolute Gasteiger partial charge is 0.224 e. The van der Waals surface area contributed by atoms with E-state index in [0.717, 1.165) is 28.6 Å². The number of fused-ring (bicyclic) bond motifs is 1. The quantitative estimate of drug-likeness (QED) is 0.242. The van der Waals surface area contributed by atoms with E-state index in [-0.39, 0.29) is 12.0 Å². The van der Waals surface area contributed by atoms with Crippen molar-refractivity contribution >= 4 is 57.2 Å². The molecule has 0 radical (unpaired) electrons. The number of ether oxygens (including phenoxy) is 1. The Hall–Kier alpha value is -3.29. The molecule has 2 aromatic carbocycles. The molecule has 4 rings (SSSR count). The monoisotopic (exact) mass is 497 g/mol. The summed E-state index contributed by atoms with van der Waals surface area (Å²) in [6.07, 6.45) is 3.89. The van der Waals surface area contributed by atoms with Gasteiger partial charge in [-0.15, -0.1) is 0 Å². The molecule has 0 saturated carbocycles. The van der Waals surface area contributed by atoms with E-state index in [2.05, 4.69) is 32.7 Å². The number of pyridine rings is 1. The number of benzene rings is 2. The van der Waals surface area contributed by atoms with Crippen molar-refractivity contribution in [3.05, 3.63) is 70.0 Å². The predicted octanol–water partition coefficient (Wildman–Crippen LogP) is 7.06. The number of anilines is 3. The van der Waals surface area contributed by atoms with Crippen LogP contribution in [0.1, 0.15) is 44.4 Å². The zero-order chi connectivity index (χ0) is 24.2. The van der Waals surface area contributed by atoms with Crippen molar-refractivity contribution < 1.29 is 9.53 Å². The number of carbonyl (C=O) groups is 1. The molecule has 7 nitrogen and oxygen atoms in total. The fraction of sp³-hybridized carbons (Fsp3) is 0.240. The largest absolute Gasteiger partial charge is 0.486 e. The van der Waals surface area contributed by atoms with Gasteiger partial charge in [0, 0.05) is 29.8 Å². The number of nitrogens with zero attached hydrogens (tertiary/aromatic N) is 2. The minimum Gasteiger partial charge on any atom is -0.486 e. The van der Waals surface area contributed by atoms with Crippen LogP contribution in [0.5, 0.6) is 5.75 Å². The number of halogens is 2. The van der Waals surface area contributed by atoms with Crippen LogP contribution >= 0.6 is 23.2 Å². The lowest BCUT2D eigenvalue weighted by molar-refractivity contribution is -0.115. The molecule has 0 aliphatic carbocycles. The van der Waals surface area contributed by atoms with Crippen molar-refractivity contribution in [1.29, 1.82) is 0 Å². The summed E-state index contributed by atoms with van der Waals surface area (Å²) >= 11 is 12.6. The van der Waals surface area contributed by atoms with E-state index < -0.39 is 0 Å². The molecular weight excluding hydrogens is 473 g/mol. The van der Waals surface area contributed by atoms with Gasteiger partial charge in [-0.3, -0.25) is 14.9 Å². The lowest BCUT2D eigenvalue weighted by atomic mass is 10.1. The van der Waals surface area contributed by atoms with Gasteiger partial charge in [-0.05, 0) is 43.2 Å². The maximum Gasteiger partial charge on any atom is 0.224 e. The number of hydrogen-bond donors (Lipinski definition) is 3. The first-order valence-corrected chi connectivity index (χ1v) is 11.8. The predicted molar refractivity (Wildman–Crippen MR) is 137 cm³/mol. The number of aromatic nitrogens is 3. The van der Waals surface area contributed by atoms with Crippen molar-refractivity contribution in [3.63, 3.8) is 0 Å². The molecule has 2 aromatic heterocycles. The Labute approximate surface area is 207 Å². The lowest BCUT2D eigenvalue weighted by Crippen LogP contribution is -2.12. The summed E-state index contributed by atoms with van der Waals surface area (Å²) < 4.78 is 6.16. The highest BCUT2D eigenvalue weighted by Crippen LogP contribution is 2.36. The second kappa shape index (κ2) is 10.3. The molecule has 0 saturated heterocycles. The van der Waals surface area contributed by atoms with Crippen LogP contribution < -0.4 is 15.4 Å². The van der Waals surface area contributed by atoms with Gasteiger partial charge in [-0.2, -0.15) is 5.10 Å². The van der Waals surface area contributed by atoms with Gasteiger partial charge in [0.15, 0.2) is 5.82 Å². The molecule has 9 heteroatoms. The van der Waals surface area contributed by atoms with Crippen molar-refractivity contribution in [2.45, 2.75) is 39.7 Å². The minimum atomic E-state index is -0.388. The maximum atomic E-state index is 12.1. The van der Waals surface area contributed by atoms with E-state index in [1.807, 2.05) is 50.2 Å². The summed E-state index contributed by atoms with van der Waals surface area (Å²) in [6, 6.07) is 11.5. The third-order valence-electron chi connectivity index (χ3n) is 5.51. The molecule has 0 bridgehead atoms. The second-order valence-corrected chi connectivity index (χ2v) is 8.59. The fourth-order valence-corrected chi connectivity index (χ4v) is 4.41. The Kier molecular flexibility index (Phi) is 7.24.